The smallest absolute Gasteiger partial charge is 0.318 e. The van der Waals surface area contributed by atoms with Crippen molar-refractivity contribution in [3.8, 4) is 6.01 Å². The van der Waals surface area contributed by atoms with E-state index in [9.17, 15) is 8.42 Å². The average Bonchev–Trinajstić information content (AvgIpc) is 2.31. The molecule has 0 aliphatic carbocycles. The van der Waals surface area contributed by atoms with Gasteiger partial charge in [-0.25, -0.2) is 18.1 Å². The first-order chi connectivity index (χ1) is 8.48. The molecule has 1 aromatic rings. The number of sulfonamides is 1. The summed E-state index contributed by atoms with van der Waals surface area (Å²) in [6.45, 7) is 2.27. The van der Waals surface area contributed by atoms with Crippen molar-refractivity contribution in [1.82, 2.24) is 14.7 Å². The van der Waals surface area contributed by atoms with E-state index in [0.29, 0.717) is 17.4 Å². The summed E-state index contributed by atoms with van der Waals surface area (Å²) >= 11 is 5.86. The molecule has 0 atom stereocenters. The third kappa shape index (κ3) is 4.63. The molecule has 0 saturated carbocycles. The molecular weight excluding hydrogens is 280 g/mol. The minimum absolute atomic E-state index is 0.0660. The van der Waals surface area contributed by atoms with Gasteiger partial charge in [0.25, 0.3) is 0 Å². The first kappa shape index (κ1) is 14.9. The molecule has 102 valence electrons. The molecule has 0 spiro atoms. The molecule has 1 heterocycles. The minimum atomic E-state index is -3.26. The van der Waals surface area contributed by atoms with Gasteiger partial charge in [0.2, 0.25) is 10.0 Å². The SMILES string of the molecule is CCNS(=O)(=O)CCNc1nc(OC)ncc1Cl. The van der Waals surface area contributed by atoms with Gasteiger partial charge in [-0.3, -0.25) is 0 Å². The molecule has 0 aliphatic heterocycles. The lowest BCUT2D eigenvalue weighted by Crippen LogP contribution is -2.29. The second kappa shape index (κ2) is 6.72. The fourth-order valence-corrected chi connectivity index (χ4v) is 2.28. The number of nitrogens with one attached hydrogen (secondary N) is 2. The van der Waals surface area contributed by atoms with Crippen molar-refractivity contribution in [3.05, 3.63) is 11.2 Å². The highest BCUT2D eigenvalue weighted by Gasteiger charge is 2.10. The zero-order valence-corrected chi connectivity index (χ0v) is 11.7. The molecule has 18 heavy (non-hydrogen) atoms. The number of ether oxygens (including phenoxy) is 1. The van der Waals surface area contributed by atoms with E-state index >= 15 is 0 Å². The second-order valence-electron chi connectivity index (χ2n) is 3.30. The van der Waals surface area contributed by atoms with Crippen molar-refractivity contribution in [2.75, 3.05) is 31.3 Å². The van der Waals surface area contributed by atoms with Crippen molar-refractivity contribution < 1.29 is 13.2 Å². The lowest BCUT2D eigenvalue weighted by Gasteiger charge is -2.08. The van der Waals surface area contributed by atoms with Crippen molar-refractivity contribution in [2.45, 2.75) is 6.92 Å². The van der Waals surface area contributed by atoms with E-state index in [2.05, 4.69) is 20.0 Å². The Morgan fingerprint density at radius 3 is 2.83 bits per heavy atom. The lowest BCUT2D eigenvalue weighted by molar-refractivity contribution is 0.380. The lowest BCUT2D eigenvalue weighted by atomic mass is 10.5. The molecule has 7 nitrogen and oxygen atoms in total. The Bertz CT molecular complexity index is 495. The number of anilines is 1. The van der Waals surface area contributed by atoms with Gasteiger partial charge in [0, 0.05) is 13.1 Å². The average molecular weight is 295 g/mol. The Balaban J connectivity index is 2.58. The number of hydrogen-bond acceptors (Lipinski definition) is 6. The van der Waals surface area contributed by atoms with Crippen LogP contribution in [0, 0.1) is 0 Å². The Hall–Kier alpha value is -1.12. The summed E-state index contributed by atoms with van der Waals surface area (Å²) in [5.41, 5.74) is 0. The molecule has 9 heteroatoms. The van der Waals surface area contributed by atoms with Crippen molar-refractivity contribution in [3.63, 3.8) is 0 Å². The van der Waals surface area contributed by atoms with Crippen LogP contribution in [0.25, 0.3) is 0 Å². The monoisotopic (exact) mass is 294 g/mol. The van der Waals surface area contributed by atoms with E-state index in [1.807, 2.05) is 0 Å². The zero-order valence-electron chi connectivity index (χ0n) is 10.1. The second-order valence-corrected chi connectivity index (χ2v) is 5.63. The van der Waals surface area contributed by atoms with Gasteiger partial charge in [-0.15, -0.1) is 0 Å². The quantitative estimate of drug-likeness (QED) is 0.760. The molecular formula is C9H15ClN4O3S. The molecule has 0 amide bonds. The molecule has 0 saturated heterocycles. The Morgan fingerprint density at radius 2 is 2.22 bits per heavy atom. The van der Waals surface area contributed by atoms with E-state index in [1.165, 1.54) is 13.3 Å². The van der Waals surface area contributed by atoms with Crippen LogP contribution in [0.2, 0.25) is 5.02 Å². The van der Waals surface area contributed by atoms with Crippen molar-refractivity contribution in [1.29, 1.82) is 0 Å². The predicted molar refractivity (Wildman–Crippen MR) is 69.5 cm³/mol. The minimum Gasteiger partial charge on any atom is -0.467 e. The Morgan fingerprint density at radius 1 is 1.50 bits per heavy atom. The fraction of sp³-hybridized carbons (Fsp3) is 0.556. The van der Waals surface area contributed by atoms with Gasteiger partial charge in [-0.1, -0.05) is 18.5 Å². The van der Waals surface area contributed by atoms with Crippen LogP contribution in [-0.4, -0.2) is 44.3 Å². The molecule has 0 aromatic carbocycles. The third-order valence-electron chi connectivity index (χ3n) is 1.93. The maximum atomic E-state index is 11.4. The summed E-state index contributed by atoms with van der Waals surface area (Å²) in [4.78, 5) is 7.77. The number of rotatable bonds is 7. The highest BCUT2D eigenvalue weighted by Crippen LogP contribution is 2.19. The van der Waals surface area contributed by atoms with Gasteiger partial charge in [-0.2, -0.15) is 4.98 Å². The third-order valence-corrected chi connectivity index (χ3v) is 3.68. The van der Waals surface area contributed by atoms with Gasteiger partial charge >= 0.3 is 6.01 Å². The van der Waals surface area contributed by atoms with Crippen LogP contribution in [0.1, 0.15) is 6.92 Å². The standard InChI is InChI=1S/C9H15ClN4O3S/c1-3-13-18(15,16)5-4-11-8-7(10)6-12-9(14-8)17-2/h6,13H,3-5H2,1-2H3,(H,11,12,14). The number of nitrogens with zero attached hydrogens (tertiary/aromatic N) is 2. The van der Waals surface area contributed by atoms with Crippen LogP contribution in [-0.2, 0) is 10.0 Å². The molecule has 0 bridgehead atoms. The van der Waals surface area contributed by atoms with Gasteiger partial charge in [0.1, 0.15) is 5.02 Å². The number of hydrogen-bond donors (Lipinski definition) is 2. The maximum absolute atomic E-state index is 11.4. The largest absolute Gasteiger partial charge is 0.467 e. The van der Waals surface area contributed by atoms with Crippen LogP contribution >= 0.6 is 11.6 Å². The molecule has 0 fully saturated rings. The van der Waals surface area contributed by atoms with Crippen LogP contribution in [0.15, 0.2) is 6.20 Å². The van der Waals surface area contributed by atoms with Crippen LogP contribution in [0.5, 0.6) is 6.01 Å². The number of halogens is 1. The van der Waals surface area contributed by atoms with Crippen LogP contribution in [0.3, 0.4) is 0 Å². The Labute approximate surface area is 111 Å². The highest BCUT2D eigenvalue weighted by molar-refractivity contribution is 7.89. The molecule has 0 unspecified atom stereocenters. The Kier molecular flexibility index (Phi) is 5.57. The fourth-order valence-electron chi connectivity index (χ4n) is 1.17. The first-order valence-electron chi connectivity index (χ1n) is 5.26. The van der Waals surface area contributed by atoms with Crippen molar-refractivity contribution in [2.24, 2.45) is 0 Å². The molecule has 2 N–H and O–H groups in total. The molecule has 1 rings (SSSR count). The highest BCUT2D eigenvalue weighted by atomic mass is 35.5. The predicted octanol–water partition coefficient (Wildman–Crippen LogP) is 0.490. The van der Waals surface area contributed by atoms with Gasteiger partial charge in [0.15, 0.2) is 5.82 Å². The van der Waals surface area contributed by atoms with E-state index < -0.39 is 10.0 Å². The van der Waals surface area contributed by atoms with E-state index in [0.717, 1.165) is 0 Å². The summed E-state index contributed by atoms with van der Waals surface area (Å²) in [5.74, 6) is 0.277. The van der Waals surface area contributed by atoms with Gasteiger partial charge < -0.3 is 10.1 Å². The summed E-state index contributed by atoms with van der Waals surface area (Å²) in [5, 5.41) is 3.12. The normalized spacial score (nSPS) is 11.3. The molecule has 1 aromatic heterocycles. The van der Waals surface area contributed by atoms with E-state index in [4.69, 9.17) is 16.3 Å². The maximum Gasteiger partial charge on any atom is 0.318 e. The molecule has 0 aliphatic rings. The van der Waals surface area contributed by atoms with Gasteiger partial charge in [-0.05, 0) is 0 Å². The number of aromatic nitrogens is 2. The first-order valence-corrected chi connectivity index (χ1v) is 7.29. The zero-order chi connectivity index (χ0) is 13.6. The van der Waals surface area contributed by atoms with E-state index in [1.54, 1.807) is 6.92 Å². The van der Waals surface area contributed by atoms with Gasteiger partial charge in [0.05, 0.1) is 19.1 Å². The van der Waals surface area contributed by atoms with Crippen LogP contribution < -0.4 is 14.8 Å². The number of methoxy groups -OCH3 is 1. The van der Waals surface area contributed by atoms with Crippen molar-refractivity contribution >= 4 is 27.4 Å². The summed E-state index contributed by atoms with van der Waals surface area (Å²) in [6.07, 6.45) is 1.38. The topological polar surface area (TPSA) is 93.2 Å². The summed E-state index contributed by atoms with van der Waals surface area (Å²) < 4.78 is 30.0. The van der Waals surface area contributed by atoms with Crippen LogP contribution in [0.4, 0.5) is 5.82 Å². The molecule has 0 radical (unpaired) electrons. The van der Waals surface area contributed by atoms with E-state index in [-0.39, 0.29) is 18.3 Å². The summed E-state index contributed by atoms with van der Waals surface area (Å²) in [6, 6.07) is 0.163. The summed E-state index contributed by atoms with van der Waals surface area (Å²) in [7, 11) is -1.83.